The largest absolute Gasteiger partial charge is 0.382 e. The maximum atomic E-state index is 11.2. The summed E-state index contributed by atoms with van der Waals surface area (Å²) >= 11 is 0. The SMILES string of the molecule is CNC(=O)Nc1ccc(NC2CCCN(C)CC2)cc1. The van der Waals surface area contributed by atoms with Gasteiger partial charge < -0.3 is 20.9 Å². The molecule has 1 aliphatic rings. The van der Waals surface area contributed by atoms with Crippen LogP contribution in [0.5, 0.6) is 0 Å². The van der Waals surface area contributed by atoms with Crippen molar-refractivity contribution in [2.75, 3.05) is 37.8 Å². The van der Waals surface area contributed by atoms with Gasteiger partial charge in [-0.05, 0) is 63.7 Å². The highest BCUT2D eigenvalue weighted by Crippen LogP contribution is 2.18. The standard InChI is InChI=1S/C15H24N4O/c1-16-15(20)18-14-7-5-13(6-8-14)17-12-4-3-10-19(2)11-9-12/h5-8,12,17H,3-4,9-11H2,1-2H3,(H2,16,18,20). The summed E-state index contributed by atoms with van der Waals surface area (Å²) in [5.74, 6) is 0. The van der Waals surface area contributed by atoms with E-state index < -0.39 is 0 Å². The monoisotopic (exact) mass is 276 g/mol. The Bertz CT molecular complexity index is 432. The van der Waals surface area contributed by atoms with Crippen molar-refractivity contribution in [1.29, 1.82) is 0 Å². The highest BCUT2D eigenvalue weighted by atomic mass is 16.2. The first-order valence-electron chi connectivity index (χ1n) is 7.21. The Morgan fingerprint density at radius 3 is 2.55 bits per heavy atom. The number of nitrogens with one attached hydrogen (secondary N) is 3. The van der Waals surface area contributed by atoms with E-state index in [2.05, 4.69) is 27.9 Å². The van der Waals surface area contributed by atoms with Gasteiger partial charge in [0.1, 0.15) is 0 Å². The van der Waals surface area contributed by atoms with Crippen LogP contribution < -0.4 is 16.0 Å². The fraction of sp³-hybridized carbons (Fsp3) is 0.533. The highest BCUT2D eigenvalue weighted by molar-refractivity contribution is 5.89. The van der Waals surface area contributed by atoms with Gasteiger partial charge in [0.25, 0.3) is 0 Å². The fourth-order valence-electron chi connectivity index (χ4n) is 2.46. The minimum Gasteiger partial charge on any atom is -0.382 e. The van der Waals surface area contributed by atoms with E-state index in [4.69, 9.17) is 0 Å². The van der Waals surface area contributed by atoms with Crippen LogP contribution in [-0.4, -0.2) is 44.2 Å². The zero-order chi connectivity index (χ0) is 14.4. The Morgan fingerprint density at radius 1 is 1.15 bits per heavy atom. The van der Waals surface area contributed by atoms with Gasteiger partial charge in [0.2, 0.25) is 0 Å². The van der Waals surface area contributed by atoms with Crippen LogP contribution in [0.3, 0.4) is 0 Å². The summed E-state index contributed by atoms with van der Waals surface area (Å²) in [7, 11) is 3.79. The number of urea groups is 1. The number of likely N-dealkylation sites (tertiary alicyclic amines) is 1. The van der Waals surface area contributed by atoms with Gasteiger partial charge in [-0.2, -0.15) is 0 Å². The number of benzene rings is 1. The molecule has 1 aromatic rings. The van der Waals surface area contributed by atoms with Gasteiger partial charge in [-0.25, -0.2) is 4.79 Å². The molecule has 1 unspecified atom stereocenters. The van der Waals surface area contributed by atoms with Gasteiger partial charge in [0, 0.05) is 24.5 Å². The molecule has 3 N–H and O–H groups in total. The molecule has 1 heterocycles. The number of carbonyl (C=O) groups is 1. The number of nitrogens with zero attached hydrogens (tertiary/aromatic N) is 1. The van der Waals surface area contributed by atoms with E-state index >= 15 is 0 Å². The van der Waals surface area contributed by atoms with Crippen molar-refractivity contribution < 1.29 is 4.79 Å². The predicted molar refractivity (Wildman–Crippen MR) is 83.3 cm³/mol. The van der Waals surface area contributed by atoms with Gasteiger partial charge in [0.15, 0.2) is 0 Å². The van der Waals surface area contributed by atoms with Crippen molar-refractivity contribution in [3.63, 3.8) is 0 Å². The van der Waals surface area contributed by atoms with Gasteiger partial charge >= 0.3 is 6.03 Å². The third kappa shape index (κ3) is 4.42. The second kappa shape index (κ2) is 7.14. The molecule has 0 bridgehead atoms. The Hall–Kier alpha value is -1.75. The summed E-state index contributed by atoms with van der Waals surface area (Å²) in [6.07, 6.45) is 3.63. The van der Waals surface area contributed by atoms with E-state index in [0.717, 1.165) is 17.9 Å². The maximum absolute atomic E-state index is 11.2. The Morgan fingerprint density at radius 2 is 1.85 bits per heavy atom. The second-order valence-corrected chi connectivity index (χ2v) is 5.36. The molecule has 0 saturated carbocycles. The molecule has 0 radical (unpaired) electrons. The normalized spacial score (nSPS) is 20.0. The van der Waals surface area contributed by atoms with Crippen molar-refractivity contribution >= 4 is 17.4 Å². The minimum atomic E-state index is -0.197. The lowest BCUT2D eigenvalue weighted by Crippen LogP contribution is -2.24. The smallest absolute Gasteiger partial charge is 0.318 e. The van der Waals surface area contributed by atoms with Crippen LogP contribution in [0.15, 0.2) is 24.3 Å². The third-order valence-corrected chi connectivity index (χ3v) is 3.69. The molecule has 1 aliphatic heterocycles. The van der Waals surface area contributed by atoms with Crippen molar-refractivity contribution in [3.05, 3.63) is 24.3 Å². The predicted octanol–water partition coefficient (Wildman–Crippen LogP) is 2.33. The Balaban J connectivity index is 1.88. The van der Waals surface area contributed by atoms with E-state index in [9.17, 15) is 4.79 Å². The molecule has 1 aromatic carbocycles. The maximum Gasteiger partial charge on any atom is 0.318 e. The number of rotatable bonds is 3. The lowest BCUT2D eigenvalue weighted by Gasteiger charge is -2.18. The van der Waals surface area contributed by atoms with Crippen LogP contribution in [0.2, 0.25) is 0 Å². The number of anilines is 2. The van der Waals surface area contributed by atoms with E-state index in [-0.39, 0.29) is 6.03 Å². The lowest BCUT2D eigenvalue weighted by atomic mass is 10.1. The molecule has 0 spiro atoms. The van der Waals surface area contributed by atoms with E-state index in [1.807, 2.05) is 24.3 Å². The van der Waals surface area contributed by atoms with Crippen LogP contribution in [0, 0.1) is 0 Å². The minimum absolute atomic E-state index is 0.197. The number of hydrogen-bond acceptors (Lipinski definition) is 3. The summed E-state index contributed by atoms with van der Waals surface area (Å²) in [4.78, 5) is 13.6. The first-order chi connectivity index (χ1) is 9.67. The Labute approximate surface area is 120 Å². The van der Waals surface area contributed by atoms with Crippen LogP contribution in [0.4, 0.5) is 16.2 Å². The molecular weight excluding hydrogens is 252 g/mol. The van der Waals surface area contributed by atoms with Gasteiger partial charge in [-0.1, -0.05) is 0 Å². The molecular formula is C15H24N4O. The van der Waals surface area contributed by atoms with Crippen molar-refractivity contribution in [2.24, 2.45) is 0 Å². The third-order valence-electron chi connectivity index (χ3n) is 3.69. The van der Waals surface area contributed by atoms with Crippen molar-refractivity contribution in [1.82, 2.24) is 10.2 Å². The summed E-state index contributed by atoms with van der Waals surface area (Å²) in [6.45, 7) is 2.33. The van der Waals surface area contributed by atoms with E-state index in [1.165, 1.54) is 25.8 Å². The molecule has 110 valence electrons. The summed E-state index contributed by atoms with van der Waals surface area (Å²) in [6, 6.07) is 8.20. The topological polar surface area (TPSA) is 56.4 Å². The van der Waals surface area contributed by atoms with Gasteiger partial charge in [-0.3, -0.25) is 0 Å². The number of hydrogen-bond donors (Lipinski definition) is 3. The first kappa shape index (κ1) is 14.7. The molecule has 5 heteroatoms. The molecule has 0 aliphatic carbocycles. The zero-order valence-electron chi connectivity index (χ0n) is 12.3. The highest BCUT2D eigenvalue weighted by Gasteiger charge is 2.14. The Kier molecular flexibility index (Phi) is 5.24. The zero-order valence-corrected chi connectivity index (χ0v) is 12.3. The lowest BCUT2D eigenvalue weighted by molar-refractivity contribution is 0.254. The van der Waals surface area contributed by atoms with Gasteiger partial charge in [-0.15, -0.1) is 0 Å². The number of amides is 2. The quantitative estimate of drug-likeness (QED) is 0.794. The van der Waals surface area contributed by atoms with Crippen LogP contribution in [0.1, 0.15) is 19.3 Å². The average molecular weight is 276 g/mol. The van der Waals surface area contributed by atoms with Crippen LogP contribution >= 0.6 is 0 Å². The molecule has 5 nitrogen and oxygen atoms in total. The summed E-state index contributed by atoms with van der Waals surface area (Å²) < 4.78 is 0. The van der Waals surface area contributed by atoms with Crippen molar-refractivity contribution in [2.45, 2.75) is 25.3 Å². The van der Waals surface area contributed by atoms with Gasteiger partial charge in [0.05, 0.1) is 0 Å². The van der Waals surface area contributed by atoms with Crippen LogP contribution in [0.25, 0.3) is 0 Å². The molecule has 1 atom stereocenters. The van der Waals surface area contributed by atoms with E-state index in [0.29, 0.717) is 6.04 Å². The second-order valence-electron chi connectivity index (χ2n) is 5.36. The molecule has 1 saturated heterocycles. The van der Waals surface area contributed by atoms with Crippen LogP contribution in [-0.2, 0) is 0 Å². The summed E-state index contributed by atoms with van der Waals surface area (Å²) in [5.41, 5.74) is 1.91. The fourth-order valence-corrected chi connectivity index (χ4v) is 2.46. The van der Waals surface area contributed by atoms with Crippen molar-refractivity contribution in [3.8, 4) is 0 Å². The molecule has 2 amide bonds. The number of carbonyl (C=O) groups excluding carboxylic acids is 1. The summed E-state index contributed by atoms with van der Waals surface area (Å²) in [5, 5.41) is 8.87. The molecule has 20 heavy (non-hydrogen) atoms. The average Bonchev–Trinajstić information content (AvgIpc) is 2.66. The molecule has 2 rings (SSSR count). The molecule has 1 fully saturated rings. The molecule has 0 aromatic heterocycles. The van der Waals surface area contributed by atoms with E-state index in [1.54, 1.807) is 7.05 Å². The first-order valence-corrected chi connectivity index (χ1v) is 7.21.